The Morgan fingerprint density at radius 1 is 1.23 bits per heavy atom. The van der Waals surface area contributed by atoms with Gasteiger partial charge in [-0.05, 0) is 43.0 Å². The summed E-state index contributed by atoms with van der Waals surface area (Å²) in [6, 6.07) is 10.6. The van der Waals surface area contributed by atoms with E-state index < -0.39 is 0 Å². The first kappa shape index (κ1) is 25.1. The molecule has 31 heavy (non-hydrogen) atoms. The number of hydrogen-bond acceptors (Lipinski definition) is 4. The standard InChI is InChI=1S/C22H33N7O.HI/c1-3-10-24-21(30)17-28-13-8-19(9-14-28)27-22(23-2)25-16-18-6-4-7-20(15-18)29-12-5-11-26-29;/h4-7,11-12,15,19H,3,8-10,13-14,16-17H2,1-2H3,(H,24,30)(H2,23,25,27);1H. The number of nitrogens with one attached hydrogen (secondary N) is 3. The Morgan fingerprint density at radius 3 is 2.71 bits per heavy atom. The van der Waals surface area contributed by atoms with Crippen molar-refractivity contribution in [1.82, 2.24) is 30.6 Å². The summed E-state index contributed by atoms with van der Waals surface area (Å²) in [5.74, 6) is 0.928. The monoisotopic (exact) mass is 539 g/mol. The number of nitrogens with zero attached hydrogens (tertiary/aromatic N) is 4. The number of carbonyl (C=O) groups is 1. The lowest BCUT2D eigenvalue weighted by Crippen LogP contribution is -2.50. The van der Waals surface area contributed by atoms with Crippen LogP contribution in [-0.4, -0.2) is 65.8 Å². The highest BCUT2D eigenvalue weighted by Crippen LogP contribution is 2.11. The van der Waals surface area contributed by atoms with E-state index in [0.29, 0.717) is 19.1 Å². The zero-order chi connectivity index (χ0) is 21.2. The lowest BCUT2D eigenvalue weighted by atomic mass is 10.1. The number of amides is 1. The van der Waals surface area contributed by atoms with Crippen LogP contribution < -0.4 is 16.0 Å². The van der Waals surface area contributed by atoms with Gasteiger partial charge in [0.1, 0.15) is 0 Å². The van der Waals surface area contributed by atoms with E-state index >= 15 is 0 Å². The van der Waals surface area contributed by atoms with Crippen LogP contribution in [0, 0.1) is 0 Å². The lowest BCUT2D eigenvalue weighted by Gasteiger charge is -2.32. The molecular formula is C22H34IN7O. The predicted octanol–water partition coefficient (Wildman–Crippen LogP) is 2.15. The highest BCUT2D eigenvalue weighted by Gasteiger charge is 2.21. The quantitative estimate of drug-likeness (QED) is 0.272. The molecule has 1 aromatic carbocycles. The zero-order valence-electron chi connectivity index (χ0n) is 18.4. The summed E-state index contributed by atoms with van der Waals surface area (Å²) in [7, 11) is 1.79. The fraction of sp³-hybridized carbons (Fsp3) is 0.500. The molecule has 1 aliphatic rings. The average Bonchev–Trinajstić information content (AvgIpc) is 3.31. The van der Waals surface area contributed by atoms with Crippen molar-refractivity contribution in [2.75, 3.05) is 33.2 Å². The van der Waals surface area contributed by atoms with Crippen LogP contribution in [0.2, 0.25) is 0 Å². The van der Waals surface area contributed by atoms with E-state index in [1.807, 2.05) is 29.1 Å². The van der Waals surface area contributed by atoms with Crippen molar-refractivity contribution in [1.29, 1.82) is 0 Å². The molecule has 0 atom stereocenters. The van der Waals surface area contributed by atoms with Crippen LogP contribution >= 0.6 is 24.0 Å². The topological polar surface area (TPSA) is 86.6 Å². The molecule has 0 spiro atoms. The minimum absolute atomic E-state index is 0. The van der Waals surface area contributed by atoms with Crippen molar-refractivity contribution in [2.45, 2.75) is 38.8 Å². The molecule has 0 saturated carbocycles. The van der Waals surface area contributed by atoms with E-state index in [9.17, 15) is 4.79 Å². The Labute approximate surface area is 201 Å². The van der Waals surface area contributed by atoms with Gasteiger partial charge >= 0.3 is 0 Å². The van der Waals surface area contributed by atoms with Gasteiger partial charge in [0.15, 0.2) is 5.96 Å². The number of rotatable bonds is 8. The first-order chi connectivity index (χ1) is 14.7. The number of aliphatic imine (C=N–C) groups is 1. The zero-order valence-corrected chi connectivity index (χ0v) is 20.7. The second kappa shape index (κ2) is 13.3. The highest BCUT2D eigenvalue weighted by molar-refractivity contribution is 14.0. The average molecular weight is 539 g/mol. The van der Waals surface area contributed by atoms with Crippen LogP contribution in [0.4, 0.5) is 0 Å². The van der Waals surface area contributed by atoms with Gasteiger partial charge in [0.2, 0.25) is 5.91 Å². The Bertz CT molecular complexity index is 817. The predicted molar refractivity (Wildman–Crippen MR) is 135 cm³/mol. The molecule has 1 aromatic heterocycles. The molecule has 8 nitrogen and oxygen atoms in total. The van der Waals surface area contributed by atoms with Gasteiger partial charge in [-0.1, -0.05) is 19.1 Å². The van der Waals surface area contributed by atoms with E-state index in [1.165, 1.54) is 5.56 Å². The Hall–Kier alpha value is -2.14. The fourth-order valence-corrected chi connectivity index (χ4v) is 3.56. The molecule has 1 saturated heterocycles. The number of piperidine rings is 1. The number of halogens is 1. The van der Waals surface area contributed by atoms with E-state index in [0.717, 1.165) is 50.5 Å². The lowest BCUT2D eigenvalue weighted by molar-refractivity contribution is -0.122. The van der Waals surface area contributed by atoms with Crippen LogP contribution in [-0.2, 0) is 11.3 Å². The second-order valence-electron chi connectivity index (χ2n) is 7.59. The van der Waals surface area contributed by atoms with Crippen LogP contribution in [0.1, 0.15) is 31.7 Å². The third kappa shape index (κ3) is 8.13. The van der Waals surface area contributed by atoms with Crippen molar-refractivity contribution in [3.8, 4) is 5.69 Å². The molecule has 2 heterocycles. The maximum atomic E-state index is 11.9. The first-order valence-corrected chi connectivity index (χ1v) is 10.7. The maximum Gasteiger partial charge on any atom is 0.234 e. The molecule has 1 aliphatic heterocycles. The van der Waals surface area contributed by atoms with Crippen LogP contribution in [0.15, 0.2) is 47.7 Å². The summed E-state index contributed by atoms with van der Waals surface area (Å²) in [6.07, 6.45) is 6.68. The van der Waals surface area contributed by atoms with Gasteiger partial charge in [-0.25, -0.2) is 4.68 Å². The molecule has 0 unspecified atom stereocenters. The molecule has 3 rings (SSSR count). The van der Waals surface area contributed by atoms with Gasteiger partial charge in [0, 0.05) is 51.7 Å². The summed E-state index contributed by atoms with van der Waals surface area (Å²) in [6.45, 7) is 5.83. The smallest absolute Gasteiger partial charge is 0.234 e. The van der Waals surface area contributed by atoms with Gasteiger partial charge in [0.25, 0.3) is 0 Å². The molecule has 0 bridgehead atoms. The molecular weight excluding hydrogens is 505 g/mol. The van der Waals surface area contributed by atoms with Gasteiger partial charge in [-0.3, -0.25) is 14.7 Å². The maximum absolute atomic E-state index is 11.9. The summed E-state index contributed by atoms with van der Waals surface area (Å²) in [4.78, 5) is 18.5. The molecule has 1 fully saturated rings. The minimum atomic E-state index is 0. The van der Waals surface area contributed by atoms with Crippen molar-refractivity contribution >= 4 is 35.8 Å². The highest BCUT2D eigenvalue weighted by atomic mass is 127. The molecule has 0 aliphatic carbocycles. The second-order valence-corrected chi connectivity index (χ2v) is 7.59. The number of guanidine groups is 1. The summed E-state index contributed by atoms with van der Waals surface area (Å²) < 4.78 is 1.85. The van der Waals surface area contributed by atoms with Crippen molar-refractivity contribution < 1.29 is 4.79 Å². The first-order valence-electron chi connectivity index (χ1n) is 10.7. The van der Waals surface area contributed by atoms with Crippen LogP contribution in [0.25, 0.3) is 5.69 Å². The van der Waals surface area contributed by atoms with E-state index in [-0.39, 0.29) is 29.9 Å². The molecule has 3 N–H and O–H groups in total. The van der Waals surface area contributed by atoms with E-state index in [1.54, 1.807) is 13.2 Å². The minimum Gasteiger partial charge on any atom is -0.355 e. The van der Waals surface area contributed by atoms with Crippen molar-refractivity contribution in [3.63, 3.8) is 0 Å². The number of likely N-dealkylation sites (tertiary alicyclic amines) is 1. The van der Waals surface area contributed by atoms with E-state index in [2.05, 4.69) is 50.0 Å². The molecule has 170 valence electrons. The normalized spacial score (nSPS) is 15.2. The van der Waals surface area contributed by atoms with Gasteiger partial charge in [0.05, 0.1) is 12.2 Å². The number of hydrogen-bond donors (Lipinski definition) is 3. The van der Waals surface area contributed by atoms with Gasteiger partial charge in [-0.2, -0.15) is 5.10 Å². The van der Waals surface area contributed by atoms with Crippen LogP contribution in [0.3, 0.4) is 0 Å². The summed E-state index contributed by atoms with van der Waals surface area (Å²) >= 11 is 0. The third-order valence-electron chi connectivity index (χ3n) is 5.23. The number of aromatic nitrogens is 2. The van der Waals surface area contributed by atoms with Crippen LogP contribution in [0.5, 0.6) is 0 Å². The number of carbonyl (C=O) groups excluding carboxylic acids is 1. The summed E-state index contributed by atoms with van der Waals surface area (Å²) in [5.41, 5.74) is 2.21. The Balaban J connectivity index is 0.00000341. The van der Waals surface area contributed by atoms with Gasteiger partial charge in [-0.15, -0.1) is 24.0 Å². The Morgan fingerprint density at radius 2 is 2.03 bits per heavy atom. The van der Waals surface area contributed by atoms with Gasteiger partial charge < -0.3 is 16.0 Å². The SMILES string of the molecule is CCCNC(=O)CN1CCC(NC(=NC)NCc2cccc(-n3cccn3)c2)CC1.I. The van der Waals surface area contributed by atoms with Crippen molar-refractivity contribution in [2.24, 2.45) is 4.99 Å². The molecule has 0 radical (unpaired) electrons. The molecule has 9 heteroatoms. The van der Waals surface area contributed by atoms with Crippen molar-refractivity contribution in [3.05, 3.63) is 48.3 Å². The largest absolute Gasteiger partial charge is 0.355 e. The summed E-state index contributed by atoms with van der Waals surface area (Å²) in [5, 5.41) is 14.2. The number of benzene rings is 1. The molecule has 1 amide bonds. The van der Waals surface area contributed by atoms with E-state index in [4.69, 9.17) is 0 Å². The molecule has 2 aromatic rings. The third-order valence-corrected chi connectivity index (χ3v) is 5.23. The fourth-order valence-electron chi connectivity index (χ4n) is 3.56. The Kier molecular flexibility index (Phi) is 10.8.